The summed E-state index contributed by atoms with van der Waals surface area (Å²) in [5.41, 5.74) is 3.44. The molecule has 4 heteroatoms. The van der Waals surface area contributed by atoms with Crippen LogP contribution < -0.4 is 0 Å². The van der Waals surface area contributed by atoms with Gasteiger partial charge in [0, 0.05) is 31.5 Å². The van der Waals surface area contributed by atoms with Crippen molar-refractivity contribution in [3.63, 3.8) is 0 Å². The number of imidazole rings is 1. The molecule has 2 heterocycles. The molecule has 0 bridgehead atoms. The average Bonchev–Trinajstić information content (AvgIpc) is 3.40. The first-order valence-electron chi connectivity index (χ1n) is 12.0. The van der Waals surface area contributed by atoms with Crippen LogP contribution in [-0.2, 0) is 11.3 Å². The maximum Gasteiger partial charge on any atom is 0.223 e. The number of hydrogen-bond acceptors (Lipinski definition) is 2. The molecule has 1 aliphatic carbocycles. The number of rotatable bonds is 4. The molecule has 0 spiro atoms. The molecule has 2 fully saturated rings. The number of para-hydroxylation sites is 2. The molecule has 1 unspecified atom stereocenters. The molecule has 0 N–H and O–H groups in total. The topological polar surface area (TPSA) is 38.1 Å². The summed E-state index contributed by atoms with van der Waals surface area (Å²) in [6, 6.07) is 24.0. The van der Waals surface area contributed by atoms with Crippen LogP contribution in [0.15, 0.2) is 66.7 Å². The summed E-state index contributed by atoms with van der Waals surface area (Å²) in [5.74, 6) is 1.54. The highest BCUT2D eigenvalue weighted by Gasteiger charge is 2.37. The predicted molar refractivity (Wildman–Crippen MR) is 129 cm³/mol. The standard InChI is InChI=1S/C28H29N3O/c32-27-17-23(19-30(27)24-10-2-1-3-11-24)28-29-25-12-6-7-13-26(25)31(28)18-20-14-15-21-8-4-5-9-22(21)16-20/h4-9,12-16,23-24H,1-3,10-11,17-19H2. The number of benzene rings is 3. The Morgan fingerprint density at radius 2 is 1.66 bits per heavy atom. The first-order valence-corrected chi connectivity index (χ1v) is 12.0. The van der Waals surface area contributed by atoms with Crippen molar-refractivity contribution >= 4 is 27.7 Å². The van der Waals surface area contributed by atoms with E-state index in [0.717, 1.165) is 42.8 Å². The van der Waals surface area contributed by atoms with Crippen molar-refractivity contribution in [3.05, 3.63) is 78.1 Å². The van der Waals surface area contributed by atoms with Crippen LogP contribution in [0, 0.1) is 0 Å². The number of carbonyl (C=O) groups is 1. The minimum absolute atomic E-state index is 0.164. The van der Waals surface area contributed by atoms with Gasteiger partial charge in [-0.15, -0.1) is 0 Å². The van der Waals surface area contributed by atoms with Gasteiger partial charge < -0.3 is 9.47 Å². The van der Waals surface area contributed by atoms with Gasteiger partial charge in [-0.1, -0.05) is 67.8 Å². The Balaban J connectivity index is 1.36. The lowest BCUT2D eigenvalue weighted by Crippen LogP contribution is -2.37. The monoisotopic (exact) mass is 423 g/mol. The molecule has 1 saturated carbocycles. The van der Waals surface area contributed by atoms with E-state index in [0.29, 0.717) is 18.4 Å². The zero-order valence-corrected chi connectivity index (χ0v) is 18.4. The minimum atomic E-state index is 0.164. The highest BCUT2D eigenvalue weighted by molar-refractivity contribution is 5.83. The second kappa shape index (κ2) is 8.09. The van der Waals surface area contributed by atoms with Gasteiger partial charge in [0.25, 0.3) is 0 Å². The van der Waals surface area contributed by atoms with Gasteiger partial charge >= 0.3 is 0 Å². The van der Waals surface area contributed by atoms with E-state index < -0.39 is 0 Å². The lowest BCUT2D eigenvalue weighted by Gasteiger charge is -2.31. The van der Waals surface area contributed by atoms with Crippen molar-refractivity contribution in [2.45, 2.75) is 57.0 Å². The van der Waals surface area contributed by atoms with Crippen LogP contribution in [0.4, 0.5) is 0 Å². The summed E-state index contributed by atoms with van der Waals surface area (Å²) in [5, 5.41) is 2.52. The fourth-order valence-corrected chi connectivity index (χ4v) is 5.74. The molecule has 0 radical (unpaired) electrons. The van der Waals surface area contributed by atoms with Crippen LogP contribution in [0.2, 0.25) is 0 Å². The van der Waals surface area contributed by atoms with Crippen molar-refractivity contribution in [1.82, 2.24) is 14.5 Å². The van der Waals surface area contributed by atoms with Gasteiger partial charge in [-0.3, -0.25) is 4.79 Å². The van der Waals surface area contributed by atoms with E-state index in [-0.39, 0.29) is 5.92 Å². The molecule has 1 saturated heterocycles. The number of carbonyl (C=O) groups excluding carboxylic acids is 1. The largest absolute Gasteiger partial charge is 0.339 e. The van der Waals surface area contributed by atoms with Crippen LogP contribution in [0.5, 0.6) is 0 Å². The number of hydrogen-bond donors (Lipinski definition) is 0. The maximum absolute atomic E-state index is 13.0. The first kappa shape index (κ1) is 19.5. The van der Waals surface area contributed by atoms with Crippen LogP contribution in [0.3, 0.4) is 0 Å². The Labute approximate surface area is 188 Å². The van der Waals surface area contributed by atoms with Gasteiger partial charge in [0.15, 0.2) is 0 Å². The Morgan fingerprint density at radius 1 is 0.875 bits per heavy atom. The molecule has 4 nitrogen and oxygen atoms in total. The average molecular weight is 424 g/mol. The van der Waals surface area contributed by atoms with Gasteiger partial charge in [0.2, 0.25) is 5.91 Å². The zero-order chi connectivity index (χ0) is 21.5. The molecular weight excluding hydrogens is 394 g/mol. The summed E-state index contributed by atoms with van der Waals surface area (Å²) < 4.78 is 2.35. The SMILES string of the molecule is O=C1CC(c2nc3ccccc3n2Cc2ccc3ccccc3c2)CN1C1CCCCC1. The lowest BCUT2D eigenvalue weighted by atomic mass is 9.94. The van der Waals surface area contributed by atoms with Gasteiger partial charge in [-0.25, -0.2) is 4.98 Å². The molecule has 1 aromatic heterocycles. The first-order chi connectivity index (χ1) is 15.8. The highest BCUT2D eigenvalue weighted by Crippen LogP contribution is 2.35. The smallest absolute Gasteiger partial charge is 0.223 e. The van der Waals surface area contributed by atoms with Gasteiger partial charge in [-0.05, 0) is 47.4 Å². The van der Waals surface area contributed by atoms with E-state index in [4.69, 9.17) is 4.98 Å². The third-order valence-electron chi connectivity index (χ3n) is 7.38. The van der Waals surface area contributed by atoms with Gasteiger partial charge in [0.05, 0.1) is 11.0 Å². The summed E-state index contributed by atoms with van der Waals surface area (Å²) in [6.45, 7) is 1.58. The van der Waals surface area contributed by atoms with Crippen LogP contribution >= 0.6 is 0 Å². The van der Waals surface area contributed by atoms with Crippen molar-refractivity contribution < 1.29 is 4.79 Å². The molecule has 1 atom stereocenters. The van der Waals surface area contributed by atoms with E-state index in [9.17, 15) is 4.79 Å². The Bertz CT molecular complexity index is 1280. The van der Waals surface area contributed by atoms with Gasteiger partial charge in [-0.2, -0.15) is 0 Å². The fraction of sp³-hybridized carbons (Fsp3) is 0.357. The Kier molecular flexibility index (Phi) is 4.94. The highest BCUT2D eigenvalue weighted by atomic mass is 16.2. The van der Waals surface area contributed by atoms with Crippen molar-refractivity contribution in [3.8, 4) is 0 Å². The van der Waals surface area contributed by atoms with E-state index in [1.165, 1.54) is 35.6 Å². The predicted octanol–water partition coefficient (Wildman–Crippen LogP) is 5.89. The zero-order valence-electron chi connectivity index (χ0n) is 18.4. The molecule has 4 aromatic rings. The van der Waals surface area contributed by atoms with Crippen LogP contribution in [-0.4, -0.2) is 32.9 Å². The van der Waals surface area contributed by atoms with Gasteiger partial charge in [0.1, 0.15) is 5.82 Å². The number of fused-ring (bicyclic) bond motifs is 2. The molecule has 1 amide bonds. The van der Waals surface area contributed by atoms with E-state index >= 15 is 0 Å². The van der Waals surface area contributed by atoms with Crippen LogP contribution in [0.1, 0.15) is 55.8 Å². The Hall–Kier alpha value is -3.14. The van der Waals surface area contributed by atoms with Crippen molar-refractivity contribution in [1.29, 1.82) is 0 Å². The van der Waals surface area contributed by atoms with E-state index in [1.807, 2.05) is 6.07 Å². The second-order valence-electron chi connectivity index (χ2n) is 9.47. The Morgan fingerprint density at radius 3 is 2.53 bits per heavy atom. The lowest BCUT2D eigenvalue weighted by molar-refractivity contribution is -0.130. The second-order valence-corrected chi connectivity index (χ2v) is 9.47. The third-order valence-corrected chi connectivity index (χ3v) is 7.38. The molecule has 2 aliphatic rings. The molecular formula is C28H29N3O. The summed E-state index contributed by atoms with van der Waals surface area (Å²) >= 11 is 0. The molecule has 162 valence electrons. The molecule has 1 aliphatic heterocycles. The third kappa shape index (κ3) is 3.48. The van der Waals surface area contributed by atoms with E-state index in [1.54, 1.807) is 0 Å². The summed E-state index contributed by atoms with van der Waals surface area (Å²) in [4.78, 5) is 20.2. The van der Waals surface area contributed by atoms with E-state index in [2.05, 4.69) is 70.1 Å². The minimum Gasteiger partial charge on any atom is -0.339 e. The number of amides is 1. The molecule has 32 heavy (non-hydrogen) atoms. The number of nitrogens with zero attached hydrogens (tertiary/aromatic N) is 3. The molecule has 6 rings (SSSR count). The number of aromatic nitrogens is 2. The normalized spacial score (nSPS) is 19.9. The quantitative estimate of drug-likeness (QED) is 0.411. The maximum atomic E-state index is 13.0. The number of likely N-dealkylation sites (tertiary alicyclic amines) is 1. The summed E-state index contributed by atoms with van der Waals surface area (Å²) in [6.07, 6.45) is 6.71. The summed E-state index contributed by atoms with van der Waals surface area (Å²) in [7, 11) is 0. The van der Waals surface area contributed by atoms with Crippen LogP contribution in [0.25, 0.3) is 21.8 Å². The van der Waals surface area contributed by atoms with Crippen molar-refractivity contribution in [2.75, 3.05) is 6.54 Å². The van der Waals surface area contributed by atoms with Crippen molar-refractivity contribution in [2.24, 2.45) is 0 Å². The fourth-order valence-electron chi connectivity index (χ4n) is 5.74. The molecule has 3 aromatic carbocycles.